The maximum absolute atomic E-state index is 12.0. The van der Waals surface area contributed by atoms with Gasteiger partial charge in [0.05, 0.1) is 12.7 Å². The molecule has 0 spiro atoms. The van der Waals surface area contributed by atoms with Crippen LogP contribution >= 0.6 is 0 Å². The van der Waals surface area contributed by atoms with Crippen LogP contribution in [-0.4, -0.2) is 73.6 Å². The summed E-state index contributed by atoms with van der Waals surface area (Å²) in [6.45, 7) is 3.12. The van der Waals surface area contributed by atoms with Gasteiger partial charge in [0.2, 0.25) is 0 Å². The van der Waals surface area contributed by atoms with Crippen LogP contribution in [0, 0.1) is 0 Å². The smallest absolute Gasteiger partial charge is 0.387 e. The normalized spacial score (nSPS) is 19.0. The van der Waals surface area contributed by atoms with Crippen LogP contribution in [-0.2, 0) is 4.74 Å². The van der Waals surface area contributed by atoms with E-state index in [1.807, 2.05) is 30.3 Å². The summed E-state index contributed by atoms with van der Waals surface area (Å²) in [5.74, 6) is 0. The number of β-amino-alcohol motifs (C(OH)–C–C–N with tert-alkyl or cyclic N) is 1. The van der Waals surface area contributed by atoms with Gasteiger partial charge in [-0.05, 0) is 5.56 Å². The summed E-state index contributed by atoms with van der Waals surface area (Å²) in [7, 11) is 0. The lowest BCUT2D eigenvalue weighted by atomic mass is 10.1. The predicted octanol–water partition coefficient (Wildman–Crippen LogP) is 1.92. The molecule has 1 aliphatic heterocycles. The summed E-state index contributed by atoms with van der Waals surface area (Å²) < 4.78 is 40.5. The molecule has 0 aromatic heterocycles. The highest BCUT2D eigenvalue weighted by atomic mass is 19.4. The van der Waals surface area contributed by atoms with Gasteiger partial charge in [-0.25, -0.2) is 0 Å². The van der Waals surface area contributed by atoms with E-state index in [-0.39, 0.29) is 6.61 Å². The van der Waals surface area contributed by atoms with Crippen LogP contribution in [0.1, 0.15) is 11.7 Å². The van der Waals surface area contributed by atoms with Crippen molar-refractivity contribution in [1.29, 1.82) is 0 Å². The molecule has 1 aliphatic rings. The first-order chi connectivity index (χ1) is 10.9. The zero-order valence-corrected chi connectivity index (χ0v) is 13.0. The standard InChI is InChI=1S/C16H23F3N2O2/c17-16(18,19)13-23-11-10-20-6-8-21(9-7-20)12-15(22)14-4-2-1-3-5-14/h1-5,15,22H,6-13H2. The molecule has 4 nitrogen and oxygen atoms in total. The zero-order chi connectivity index (χ0) is 16.7. The van der Waals surface area contributed by atoms with Gasteiger partial charge in [0.1, 0.15) is 6.61 Å². The molecule has 1 fully saturated rings. The first kappa shape index (κ1) is 18.2. The van der Waals surface area contributed by atoms with Crippen LogP contribution < -0.4 is 0 Å². The molecular weight excluding hydrogens is 309 g/mol. The Morgan fingerprint density at radius 3 is 2.26 bits per heavy atom. The minimum Gasteiger partial charge on any atom is -0.387 e. The van der Waals surface area contributed by atoms with E-state index >= 15 is 0 Å². The Kier molecular flexibility index (Phi) is 6.83. The largest absolute Gasteiger partial charge is 0.411 e. The molecule has 1 heterocycles. The quantitative estimate of drug-likeness (QED) is 0.774. The highest BCUT2D eigenvalue weighted by Crippen LogP contribution is 2.16. The van der Waals surface area contributed by atoms with Crippen molar-refractivity contribution in [2.45, 2.75) is 12.3 Å². The van der Waals surface area contributed by atoms with E-state index in [9.17, 15) is 18.3 Å². The van der Waals surface area contributed by atoms with Crippen LogP contribution in [0.25, 0.3) is 0 Å². The van der Waals surface area contributed by atoms with E-state index < -0.39 is 18.9 Å². The van der Waals surface area contributed by atoms with Gasteiger partial charge in [0.15, 0.2) is 0 Å². The fourth-order valence-electron chi connectivity index (χ4n) is 2.60. The van der Waals surface area contributed by atoms with Crippen molar-refractivity contribution in [2.75, 3.05) is 52.5 Å². The van der Waals surface area contributed by atoms with Gasteiger partial charge in [-0.1, -0.05) is 30.3 Å². The maximum atomic E-state index is 12.0. The maximum Gasteiger partial charge on any atom is 0.411 e. The molecule has 23 heavy (non-hydrogen) atoms. The molecular formula is C16H23F3N2O2. The minimum absolute atomic E-state index is 0.0894. The second-order valence-corrected chi connectivity index (χ2v) is 5.74. The lowest BCUT2D eigenvalue weighted by Crippen LogP contribution is -2.48. The number of nitrogens with zero attached hydrogens (tertiary/aromatic N) is 2. The number of aliphatic hydroxyl groups excluding tert-OH is 1. The lowest BCUT2D eigenvalue weighted by Gasteiger charge is -2.35. The number of alkyl halides is 3. The Morgan fingerprint density at radius 2 is 1.65 bits per heavy atom. The highest BCUT2D eigenvalue weighted by molar-refractivity contribution is 5.17. The molecule has 1 aromatic rings. The van der Waals surface area contributed by atoms with Gasteiger partial charge in [-0.2, -0.15) is 13.2 Å². The fourth-order valence-corrected chi connectivity index (χ4v) is 2.60. The molecule has 130 valence electrons. The van der Waals surface area contributed by atoms with E-state index in [2.05, 4.69) is 14.5 Å². The van der Waals surface area contributed by atoms with Crippen LogP contribution in [0.15, 0.2) is 30.3 Å². The summed E-state index contributed by atoms with van der Waals surface area (Å²) in [5, 5.41) is 10.2. The van der Waals surface area contributed by atoms with Crippen molar-refractivity contribution in [3.63, 3.8) is 0 Å². The van der Waals surface area contributed by atoms with E-state index in [4.69, 9.17) is 0 Å². The molecule has 0 amide bonds. The molecule has 0 aliphatic carbocycles. The Hall–Kier alpha value is -1.15. The molecule has 1 N–H and O–H groups in total. The van der Waals surface area contributed by atoms with E-state index in [0.717, 1.165) is 31.7 Å². The molecule has 1 saturated heterocycles. The summed E-state index contributed by atoms with van der Waals surface area (Å²) in [6, 6.07) is 9.52. The number of hydrogen-bond acceptors (Lipinski definition) is 4. The van der Waals surface area contributed by atoms with Gasteiger partial charge >= 0.3 is 6.18 Å². The average molecular weight is 332 g/mol. The first-order valence-electron chi connectivity index (χ1n) is 7.76. The summed E-state index contributed by atoms with van der Waals surface area (Å²) in [6.07, 6.45) is -4.77. The van der Waals surface area contributed by atoms with E-state index in [1.165, 1.54) is 0 Å². The van der Waals surface area contributed by atoms with Gasteiger partial charge in [0.25, 0.3) is 0 Å². The first-order valence-corrected chi connectivity index (χ1v) is 7.76. The summed E-state index contributed by atoms with van der Waals surface area (Å²) in [4.78, 5) is 4.26. The summed E-state index contributed by atoms with van der Waals surface area (Å²) in [5.41, 5.74) is 0.899. The SMILES string of the molecule is OC(CN1CCN(CCOCC(F)(F)F)CC1)c1ccccc1. The highest BCUT2D eigenvalue weighted by Gasteiger charge is 2.27. The Morgan fingerprint density at radius 1 is 1.04 bits per heavy atom. The third kappa shape index (κ3) is 6.87. The van der Waals surface area contributed by atoms with Crippen molar-refractivity contribution in [1.82, 2.24) is 9.80 Å². The van der Waals surface area contributed by atoms with Gasteiger partial charge < -0.3 is 9.84 Å². The van der Waals surface area contributed by atoms with Crippen LogP contribution in [0.4, 0.5) is 13.2 Å². The minimum atomic E-state index is -4.26. The number of ether oxygens (including phenoxy) is 1. The molecule has 1 unspecified atom stereocenters. The molecule has 7 heteroatoms. The Balaban J connectivity index is 1.62. The molecule has 2 rings (SSSR count). The predicted molar refractivity (Wildman–Crippen MR) is 81.2 cm³/mol. The topological polar surface area (TPSA) is 35.9 Å². The van der Waals surface area contributed by atoms with E-state index in [0.29, 0.717) is 13.1 Å². The number of benzene rings is 1. The number of piperazine rings is 1. The third-order valence-electron chi connectivity index (χ3n) is 3.90. The van der Waals surface area contributed by atoms with Crippen LogP contribution in [0.5, 0.6) is 0 Å². The molecule has 0 radical (unpaired) electrons. The number of rotatable bonds is 7. The van der Waals surface area contributed by atoms with Crippen molar-refractivity contribution in [3.8, 4) is 0 Å². The number of aliphatic hydroxyl groups is 1. The van der Waals surface area contributed by atoms with Crippen molar-refractivity contribution >= 4 is 0 Å². The van der Waals surface area contributed by atoms with Crippen molar-refractivity contribution < 1.29 is 23.0 Å². The number of halogens is 3. The Labute approximate surface area is 134 Å². The monoisotopic (exact) mass is 332 g/mol. The molecule has 1 aromatic carbocycles. The Bertz CT molecular complexity index is 448. The lowest BCUT2D eigenvalue weighted by molar-refractivity contribution is -0.174. The van der Waals surface area contributed by atoms with Crippen molar-refractivity contribution in [3.05, 3.63) is 35.9 Å². The van der Waals surface area contributed by atoms with E-state index in [1.54, 1.807) is 0 Å². The zero-order valence-electron chi connectivity index (χ0n) is 13.0. The van der Waals surface area contributed by atoms with Gasteiger partial charge in [-0.3, -0.25) is 9.80 Å². The fraction of sp³-hybridized carbons (Fsp3) is 0.625. The van der Waals surface area contributed by atoms with Gasteiger partial charge in [0, 0.05) is 39.3 Å². The molecule has 1 atom stereocenters. The number of hydrogen-bond donors (Lipinski definition) is 1. The second-order valence-electron chi connectivity index (χ2n) is 5.74. The average Bonchev–Trinajstić information content (AvgIpc) is 2.53. The second kappa shape index (κ2) is 8.63. The van der Waals surface area contributed by atoms with Crippen molar-refractivity contribution in [2.24, 2.45) is 0 Å². The third-order valence-corrected chi connectivity index (χ3v) is 3.90. The van der Waals surface area contributed by atoms with Gasteiger partial charge in [-0.15, -0.1) is 0 Å². The molecule has 0 bridgehead atoms. The molecule has 0 saturated carbocycles. The summed E-state index contributed by atoms with van der Waals surface area (Å²) >= 11 is 0. The van der Waals surface area contributed by atoms with Crippen LogP contribution in [0.3, 0.4) is 0 Å². The van der Waals surface area contributed by atoms with Crippen LogP contribution in [0.2, 0.25) is 0 Å².